The Morgan fingerprint density at radius 2 is 2.03 bits per heavy atom. The molecule has 32 heavy (non-hydrogen) atoms. The van der Waals surface area contributed by atoms with E-state index in [9.17, 15) is 14.7 Å². The number of nitrogens with zero attached hydrogens (tertiary/aromatic N) is 4. The molecule has 0 radical (unpaired) electrons. The number of carbonyl (C=O) groups is 2. The SMILES string of the molecule is CC(=O)N1CCC(Cc2cc(C(=O)NC[C@H](O)CN3CCc4ccccc4C3)ncn2)C1. The average molecular weight is 438 g/mol. The third-order valence-corrected chi connectivity index (χ3v) is 6.36. The monoisotopic (exact) mass is 437 g/mol. The first-order valence-electron chi connectivity index (χ1n) is 11.3. The van der Waals surface area contributed by atoms with Crippen molar-refractivity contribution in [3.63, 3.8) is 0 Å². The third-order valence-electron chi connectivity index (χ3n) is 6.36. The van der Waals surface area contributed by atoms with Crippen LogP contribution in [0, 0.1) is 5.92 Å². The molecule has 3 heterocycles. The molecule has 1 fully saturated rings. The van der Waals surface area contributed by atoms with E-state index in [0.29, 0.717) is 24.6 Å². The average Bonchev–Trinajstić information content (AvgIpc) is 3.26. The van der Waals surface area contributed by atoms with Gasteiger partial charge in [-0.1, -0.05) is 24.3 Å². The summed E-state index contributed by atoms with van der Waals surface area (Å²) >= 11 is 0. The fraction of sp³-hybridized carbons (Fsp3) is 0.500. The Bertz CT molecular complexity index is 966. The van der Waals surface area contributed by atoms with Crippen molar-refractivity contribution in [1.29, 1.82) is 0 Å². The first-order valence-corrected chi connectivity index (χ1v) is 11.3. The third kappa shape index (κ3) is 5.69. The van der Waals surface area contributed by atoms with E-state index in [0.717, 1.165) is 44.7 Å². The van der Waals surface area contributed by atoms with Gasteiger partial charge < -0.3 is 15.3 Å². The number of hydrogen-bond acceptors (Lipinski definition) is 6. The van der Waals surface area contributed by atoms with E-state index in [4.69, 9.17) is 0 Å². The lowest BCUT2D eigenvalue weighted by molar-refractivity contribution is -0.127. The summed E-state index contributed by atoms with van der Waals surface area (Å²) in [5, 5.41) is 13.2. The van der Waals surface area contributed by atoms with E-state index in [2.05, 4.69) is 38.4 Å². The second kappa shape index (κ2) is 10.2. The van der Waals surface area contributed by atoms with Gasteiger partial charge in [0.25, 0.3) is 5.91 Å². The molecule has 8 nitrogen and oxygen atoms in total. The number of benzene rings is 1. The molecular formula is C24H31N5O3. The highest BCUT2D eigenvalue weighted by atomic mass is 16.3. The Morgan fingerprint density at radius 1 is 1.22 bits per heavy atom. The molecule has 1 unspecified atom stereocenters. The molecule has 2 atom stereocenters. The number of aliphatic hydroxyl groups is 1. The second-order valence-electron chi connectivity index (χ2n) is 8.84. The molecule has 2 N–H and O–H groups in total. The predicted octanol–water partition coefficient (Wildman–Crippen LogP) is 1.04. The van der Waals surface area contributed by atoms with Gasteiger partial charge in [0.2, 0.25) is 5.91 Å². The molecule has 8 heteroatoms. The minimum atomic E-state index is -0.651. The smallest absolute Gasteiger partial charge is 0.270 e. The van der Waals surface area contributed by atoms with Gasteiger partial charge in [-0.05, 0) is 42.4 Å². The summed E-state index contributed by atoms with van der Waals surface area (Å²) in [4.78, 5) is 36.5. The summed E-state index contributed by atoms with van der Waals surface area (Å²) in [6.45, 7) is 5.50. The molecule has 2 amide bonds. The summed E-state index contributed by atoms with van der Waals surface area (Å²) in [6.07, 6.45) is 3.39. The van der Waals surface area contributed by atoms with E-state index < -0.39 is 6.10 Å². The molecule has 2 aliphatic heterocycles. The summed E-state index contributed by atoms with van der Waals surface area (Å²) in [5.74, 6) is 0.136. The van der Waals surface area contributed by atoms with Gasteiger partial charge in [0.15, 0.2) is 0 Å². The maximum absolute atomic E-state index is 12.6. The molecule has 4 rings (SSSR count). The van der Waals surface area contributed by atoms with Crippen LogP contribution in [0.2, 0.25) is 0 Å². The largest absolute Gasteiger partial charge is 0.390 e. The fourth-order valence-electron chi connectivity index (χ4n) is 4.59. The van der Waals surface area contributed by atoms with Crippen LogP contribution in [0.5, 0.6) is 0 Å². The van der Waals surface area contributed by atoms with Crippen molar-refractivity contribution in [2.45, 2.75) is 38.8 Å². The number of hydrogen-bond donors (Lipinski definition) is 2. The van der Waals surface area contributed by atoms with Crippen molar-refractivity contribution in [2.75, 3.05) is 32.7 Å². The Balaban J connectivity index is 1.24. The quantitative estimate of drug-likeness (QED) is 0.672. The van der Waals surface area contributed by atoms with E-state index in [1.165, 1.54) is 17.5 Å². The molecule has 2 aromatic rings. The van der Waals surface area contributed by atoms with Gasteiger partial charge in [-0.15, -0.1) is 0 Å². The molecule has 1 saturated heterocycles. The summed E-state index contributed by atoms with van der Waals surface area (Å²) in [7, 11) is 0. The standard InChI is InChI=1S/C24H31N5O3/c1-17(30)29-9-6-18(13-29)10-21-11-23(27-16-26-21)24(32)25-12-22(31)15-28-8-7-19-4-2-3-5-20(19)14-28/h2-5,11,16,18,22,31H,6-10,12-15H2,1H3,(H,25,32)/t18?,22-/m0/s1. The number of β-amino-alcohol motifs (C(OH)–C–C–N with tert-alkyl or cyclic N) is 1. The van der Waals surface area contributed by atoms with Crippen LogP contribution >= 0.6 is 0 Å². The fourth-order valence-corrected chi connectivity index (χ4v) is 4.59. The van der Waals surface area contributed by atoms with E-state index in [1.807, 2.05) is 11.0 Å². The lowest BCUT2D eigenvalue weighted by Crippen LogP contribution is -2.42. The zero-order chi connectivity index (χ0) is 22.5. The number of rotatable bonds is 7. The van der Waals surface area contributed by atoms with Gasteiger partial charge in [-0.25, -0.2) is 9.97 Å². The van der Waals surface area contributed by atoms with Crippen molar-refractivity contribution >= 4 is 11.8 Å². The van der Waals surface area contributed by atoms with Crippen LogP contribution < -0.4 is 5.32 Å². The highest BCUT2D eigenvalue weighted by Crippen LogP contribution is 2.20. The minimum absolute atomic E-state index is 0.0996. The van der Waals surface area contributed by atoms with Gasteiger partial charge >= 0.3 is 0 Å². The Kier molecular flexibility index (Phi) is 7.12. The molecular weight excluding hydrogens is 406 g/mol. The molecule has 0 saturated carbocycles. The minimum Gasteiger partial charge on any atom is -0.390 e. The number of carbonyl (C=O) groups excluding carboxylic acids is 2. The van der Waals surface area contributed by atoms with Gasteiger partial charge in [0, 0.05) is 51.9 Å². The summed E-state index contributed by atoms with van der Waals surface area (Å²) in [6, 6.07) is 10.1. The molecule has 1 aromatic carbocycles. The van der Waals surface area contributed by atoms with E-state index in [1.54, 1.807) is 13.0 Å². The highest BCUT2D eigenvalue weighted by Gasteiger charge is 2.25. The van der Waals surface area contributed by atoms with Crippen molar-refractivity contribution in [1.82, 2.24) is 25.1 Å². The zero-order valence-corrected chi connectivity index (χ0v) is 18.5. The van der Waals surface area contributed by atoms with Gasteiger partial charge in [-0.2, -0.15) is 0 Å². The van der Waals surface area contributed by atoms with Crippen molar-refractivity contribution in [3.05, 3.63) is 59.2 Å². The summed E-state index contributed by atoms with van der Waals surface area (Å²) < 4.78 is 0. The Hall–Kier alpha value is -2.84. The van der Waals surface area contributed by atoms with Gasteiger partial charge in [0.1, 0.15) is 12.0 Å². The summed E-state index contributed by atoms with van der Waals surface area (Å²) in [5.41, 5.74) is 3.78. The highest BCUT2D eigenvalue weighted by molar-refractivity contribution is 5.92. The Morgan fingerprint density at radius 3 is 2.81 bits per heavy atom. The number of aromatic nitrogens is 2. The molecule has 2 aliphatic rings. The first-order chi connectivity index (χ1) is 15.5. The molecule has 170 valence electrons. The number of nitrogens with one attached hydrogen (secondary N) is 1. The van der Waals surface area contributed by atoms with Crippen LogP contribution in [0.3, 0.4) is 0 Å². The van der Waals surface area contributed by atoms with Crippen molar-refractivity contribution < 1.29 is 14.7 Å². The van der Waals surface area contributed by atoms with Gasteiger partial charge in [-0.3, -0.25) is 14.5 Å². The number of fused-ring (bicyclic) bond motifs is 1. The molecule has 1 aromatic heterocycles. The van der Waals surface area contributed by atoms with Crippen LogP contribution in [0.1, 0.15) is 40.7 Å². The normalized spacial score (nSPS) is 19.4. The molecule has 0 aliphatic carbocycles. The lowest BCUT2D eigenvalue weighted by atomic mass is 10.00. The van der Waals surface area contributed by atoms with Crippen LogP contribution in [-0.2, 0) is 24.2 Å². The topological polar surface area (TPSA) is 98.7 Å². The van der Waals surface area contributed by atoms with Crippen LogP contribution in [-0.4, -0.2) is 75.5 Å². The van der Waals surface area contributed by atoms with Crippen LogP contribution in [0.25, 0.3) is 0 Å². The molecule has 0 spiro atoms. The zero-order valence-electron chi connectivity index (χ0n) is 18.5. The van der Waals surface area contributed by atoms with Crippen LogP contribution in [0.15, 0.2) is 36.7 Å². The predicted molar refractivity (Wildman–Crippen MR) is 120 cm³/mol. The number of aliphatic hydroxyl groups excluding tert-OH is 1. The number of likely N-dealkylation sites (tertiary alicyclic amines) is 1. The van der Waals surface area contributed by atoms with Crippen LogP contribution in [0.4, 0.5) is 0 Å². The molecule has 0 bridgehead atoms. The maximum Gasteiger partial charge on any atom is 0.270 e. The van der Waals surface area contributed by atoms with Gasteiger partial charge in [0.05, 0.1) is 6.10 Å². The Labute approximate surface area is 188 Å². The van der Waals surface area contributed by atoms with E-state index >= 15 is 0 Å². The van der Waals surface area contributed by atoms with Crippen molar-refractivity contribution in [3.8, 4) is 0 Å². The number of amides is 2. The van der Waals surface area contributed by atoms with Crippen molar-refractivity contribution in [2.24, 2.45) is 5.92 Å². The second-order valence-corrected chi connectivity index (χ2v) is 8.84. The van der Waals surface area contributed by atoms with E-state index in [-0.39, 0.29) is 18.4 Å². The lowest BCUT2D eigenvalue weighted by Gasteiger charge is -2.30. The maximum atomic E-state index is 12.6. The first kappa shape index (κ1) is 22.4.